The van der Waals surface area contributed by atoms with Gasteiger partial charge in [-0.2, -0.15) is 13.2 Å². The summed E-state index contributed by atoms with van der Waals surface area (Å²) < 4.78 is 44.4. The number of hydrogen-bond donors (Lipinski definition) is 1. The fourth-order valence-corrected chi connectivity index (χ4v) is 3.01. The molecular weight excluding hydrogens is 333 g/mol. The summed E-state index contributed by atoms with van der Waals surface area (Å²) in [7, 11) is 0. The van der Waals surface area contributed by atoms with Crippen molar-refractivity contribution in [2.75, 3.05) is 6.54 Å². The number of benzene rings is 1. The van der Waals surface area contributed by atoms with Gasteiger partial charge in [0.25, 0.3) is 0 Å². The summed E-state index contributed by atoms with van der Waals surface area (Å²) in [6, 6.07) is 8.29. The van der Waals surface area contributed by atoms with E-state index in [0.717, 1.165) is 12.1 Å². The number of nitrogens with one attached hydrogen (secondary N) is 1. The predicted octanol–water partition coefficient (Wildman–Crippen LogP) is 4.19. The highest BCUT2D eigenvalue weighted by Gasteiger charge is 2.45. The number of amides is 1. The van der Waals surface area contributed by atoms with Crippen LogP contribution >= 0.6 is 0 Å². The molecule has 3 rings (SSSR count). The van der Waals surface area contributed by atoms with Gasteiger partial charge in [-0.25, -0.2) is 0 Å². The molecule has 0 saturated carbocycles. The van der Waals surface area contributed by atoms with E-state index in [0.29, 0.717) is 23.6 Å². The Morgan fingerprint density at radius 1 is 1.24 bits per heavy atom. The summed E-state index contributed by atoms with van der Waals surface area (Å²) in [5.74, 6) is 0.779. The van der Waals surface area contributed by atoms with Crippen LogP contribution in [-0.2, 0) is 11.0 Å². The normalized spacial score (nSPS) is 20.3. The van der Waals surface area contributed by atoms with Gasteiger partial charge in [0.1, 0.15) is 17.7 Å². The Morgan fingerprint density at radius 3 is 2.60 bits per heavy atom. The maximum atomic E-state index is 12.9. The number of alkyl halides is 3. The Morgan fingerprint density at radius 2 is 1.96 bits per heavy atom. The molecule has 0 aliphatic carbocycles. The molecule has 1 aliphatic rings. The Kier molecular flexibility index (Phi) is 4.15. The molecular formula is C18H19F3N2O2. The van der Waals surface area contributed by atoms with Crippen molar-refractivity contribution >= 4 is 5.91 Å². The number of hydrogen-bond acceptors (Lipinski definition) is 3. The van der Waals surface area contributed by atoms with Gasteiger partial charge in [0.15, 0.2) is 0 Å². The van der Waals surface area contributed by atoms with E-state index in [9.17, 15) is 18.0 Å². The molecule has 2 heterocycles. The Hall–Kier alpha value is -2.28. The molecule has 0 bridgehead atoms. The molecule has 1 unspecified atom stereocenters. The molecule has 1 aromatic heterocycles. The lowest BCUT2D eigenvalue weighted by atomic mass is 10.1. The van der Waals surface area contributed by atoms with E-state index in [2.05, 4.69) is 5.32 Å². The van der Waals surface area contributed by atoms with E-state index >= 15 is 0 Å². The van der Waals surface area contributed by atoms with Gasteiger partial charge in [-0.15, -0.1) is 0 Å². The Balaban J connectivity index is 1.92. The standard InChI is InChI=1S/C18H19F3N2O2/c1-4-23-15(22-17(2,3)16(23)24)14-9-8-13(25-14)11-6-5-7-12(10-11)18(19,20)21/h5-10,15,22H,4H2,1-3H3. The smallest absolute Gasteiger partial charge is 0.416 e. The van der Waals surface area contributed by atoms with Crippen LogP contribution in [0.25, 0.3) is 11.3 Å². The molecule has 1 fully saturated rings. The van der Waals surface area contributed by atoms with Crippen LogP contribution in [0, 0.1) is 0 Å². The molecule has 1 aliphatic heterocycles. The largest absolute Gasteiger partial charge is 0.457 e. The molecule has 1 amide bonds. The fourth-order valence-electron chi connectivity index (χ4n) is 3.01. The molecule has 7 heteroatoms. The number of likely N-dealkylation sites (N-methyl/N-ethyl adjacent to an activating group) is 1. The first-order valence-electron chi connectivity index (χ1n) is 7.99. The molecule has 4 nitrogen and oxygen atoms in total. The van der Waals surface area contributed by atoms with E-state index in [4.69, 9.17) is 4.42 Å². The van der Waals surface area contributed by atoms with Gasteiger partial charge in [-0.3, -0.25) is 10.1 Å². The summed E-state index contributed by atoms with van der Waals surface area (Å²) >= 11 is 0. The van der Waals surface area contributed by atoms with Gasteiger partial charge >= 0.3 is 6.18 Å². The number of halogens is 3. The highest BCUT2D eigenvalue weighted by atomic mass is 19.4. The van der Waals surface area contributed by atoms with Crippen molar-refractivity contribution in [1.82, 2.24) is 10.2 Å². The average Bonchev–Trinajstić information content (AvgIpc) is 3.11. The van der Waals surface area contributed by atoms with Crippen LogP contribution in [0.5, 0.6) is 0 Å². The zero-order valence-corrected chi connectivity index (χ0v) is 14.1. The van der Waals surface area contributed by atoms with Crippen LogP contribution in [0.2, 0.25) is 0 Å². The maximum Gasteiger partial charge on any atom is 0.416 e. The molecule has 1 saturated heterocycles. The monoisotopic (exact) mass is 352 g/mol. The Bertz CT molecular complexity index is 796. The van der Waals surface area contributed by atoms with Crippen molar-refractivity contribution in [2.45, 2.75) is 38.7 Å². The molecule has 0 spiro atoms. The van der Waals surface area contributed by atoms with Crippen molar-refractivity contribution in [3.05, 3.63) is 47.7 Å². The van der Waals surface area contributed by atoms with Crippen molar-refractivity contribution in [1.29, 1.82) is 0 Å². The van der Waals surface area contributed by atoms with E-state index in [1.807, 2.05) is 6.92 Å². The van der Waals surface area contributed by atoms with Gasteiger partial charge < -0.3 is 9.32 Å². The van der Waals surface area contributed by atoms with Crippen molar-refractivity contribution in [3.8, 4) is 11.3 Å². The SMILES string of the molecule is CCN1C(=O)C(C)(C)NC1c1ccc(-c2cccc(C(F)(F)F)c2)o1. The van der Waals surface area contributed by atoms with Crippen LogP contribution in [0.4, 0.5) is 13.2 Å². The maximum absolute atomic E-state index is 12.9. The highest BCUT2D eigenvalue weighted by Crippen LogP contribution is 2.35. The van der Waals surface area contributed by atoms with Gasteiger partial charge in [-0.1, -0.05) is 12.1 Å². The third-order valence-corrected chi connectivity index (χ3v) is 4.32. The summed E-state index contributed by atoms with van der Waals surface area (Å²) in [6.07, 6.45) is -4.85. The number of nitrogens with zero attached hydrogens (tertiary/aromatic N) is 1. The van der Waals surface area contributed by atoms with Crippen LogP contribution < -0.4 is 5.32 Å². The van der Waals surface area contributed by atoms with Gasteiger partial charge in [0, 0.05) is 12.1 Å². The first-order valence-corrected chi connectivity index (χ1v) is 7.99. The van der Waals surface area contributed by atoms with E-state index in [1.165, 1.54) is 6.07 Å². The zero-order chi connectivity index (χ0) is 18.4. The Labute approximate surface area is 143 Å². The van der Waals surface area contributed by atoms with Crippen LogP contribution in [-0.4, -0.2) is 22.9 Å². The van der Waals surface area contributed by atoms with Crippen LogP contribution in [0.15, 0.2) is 40.8 Å². The lowest BCUT2D eigenvalue weighted by Crippen LogP contribution is -2.40. The lowest BCUT2D eigenvalue weighted by Gasteiger charge is -2.20. The van der Waals surface area contributed by atoms with Crippen molar-refractivity contribution in [3.63, 3.8) is 0 Å². The van der Waals surface area contributed by atoms with E-state index in [1.54, 1.807) is 36.9 Å². The van der Waals surface area contributed by atoms with Gasteiger partial charge in [-0.05, 0) is 45.0 Å². The quantitative estimate of drug-likeness (QED) is 0.901. The van der Waals surface area contributed by atoms with Crippen molar-refractivity contribution < 1.29 is 22.4 Å². The van der Waals surface area contributed by atoms with E-state index in [-0.39, 0.29) is 5.91 Å². The molecule has 1 atom stereocenters. The number of furan rings is 1. The summed E-state index contributed by atoms with van der Waals surface area (Å²) in [5, 5.41) is 3.20. The van der Waals surface area contributed by atoms with Gasteiger partial charge in [0.2, 0.25) is 5.91 Å². The first-order chi connectivity index (χ1) is 11.6. The first kappa shape index (κ1) is 17.5. The zero-order valence-electron chi connectivity index (χ0n) is 14.1. The summed E-state index contributed by atoms with van der Waals surface area (Å²) in [4.78, 5) is 14.0. The minimum Gasteiger partial charge on any atom is -0.457 e. The number of carbonyl (C=O) groups is 1. The topological polar surface area (TPSA) is 45.5 Å². The predicted molar refractivity (Wildman–Crippen MR) is 86.5 cm³/mol. The molecule has 1 N–H and O–H groups in total. The van der Waals surface area contributed by atoms with E-state index < -0.39 is 23.4 Å². The molecule has 0 radical (unpaired) electrons. The minimum absolute atomic E-state index is 0.0444. The third-order valence-electron chi connectivity index (χ3n) is 4.32. The average molecular weight is 352 g/mol. The summed E-state index contributed by atoms with van der Waals surface area (Å²) in [5.41, 5.74) is -1.11. The molecule has 1 aromatic carbocycles. The fraction of sp³-hybridized carbons (Fsp3) is 0.389. The summed E-state index contributed by atoms with van der Waals surface area (Å²) in [6.45, 7) is 5.94. The lowest BCUT2D eigenvalue weighted by molar-refractivity contribution is -0.137. The number of carbonyl (C=O) groups excluding carboxylic acids is 1. The van der Waals surface area contributed by atoms with Crippen LogP contribution in [0.1, 0.15) is 38.3 Å². The molecule has 25 heavy (non-hydrogen) atoms. The molecule has 2 aromatic rings. The third kappa shape index (κ3) is 3.16. The van der Waals surface area contributed by atoms with Crippen molar-refractivity contribution in [2.24, 2.45) is 0 Å². The second kappa shape index (κ2) is 5.91. The second-order valence-corrected chi connectivity index (χ2v) is 6.54. The van der Waals surface area contributed by atoms with Gasteiger partial charge in [0.05, 0.1) is 11.1 Å². The highest BCUT2D eigenvalue weighted by molar-refractivity contribution is 5.88. The second-order valence-electron chi connectivity index (χ2n) is 6.54. The minimum atomic E-state index is -4.41. The number of rotatable bonds is 3. The van der Waals surface area contributed by atoms with Crippen LogP contribution in [0.3, 0.4) is 0 Å². The molecule has 134 valence electrons.